The number of hydrogen-bond donors (Lipinski definition) is 1. The van der Waals surface area contributed by atoms with Crippen molar-refractivity contribution in [2.75, 3.05) is 19.8 Å². The molecule has 7 heteroatoms. The maximum atomic E-state index is 11.1. The van der Waals surface area contributed by atoms with Crippen LogP contribution in [-0.2, 0) is 23.7 Å². The van der Waals surface area contributed by atoms with Crippen LogP contribution in [0.3, 0.4) is 0 Å². The molecule has 1 aromatic rings. The molecule has 1 N–H and O–H groups in total. The maximum Gasteiger partial charge on any atom is 0.329 e. The number of carboxylic acids is 1. The Labute approximate surface area is 225 Å². The lowest BCUT2D eigenvalue weighted by Crippen LogP contribution is -2.49. The lowest BCUT2D eigenvalue weighted by molar-refractivity contribution is -0.195. The summed E-state index contributed by atoms with van der Waals surface area (Å²) in [5.41, 5.74) is -1.73. The Balaban J connectivity index is 3.02. The number of carbonyl (C=O) groups is 1. The van der Waals surface area contributed by atoms with Gasteiger partial charge in [0.1, 0.15) is 19.0 Å². The van der Waals surface area contributed by atoms with Crippen molar-refractivity contribution in [3.8, 4) is 5.75 Å². The predicted octanol–water partition coefficient (Wildman–Crippen LogP) is 6.52. The molecule has 0 aliphatic rings. The number of rotatable bonds is 17. The fraction of sp³-hybridized carbons (Fsp3) is 0.767. The van der Waals surface area contributed by atoms with E-state index in [0.29, 0.717) is 19.4 Å². The summed E-state index contributed by atoms with van der Waals surface area (Å²) >= 11 is 0. The minimum Gasteiger partial charge on any atom is -0.491 e. The summed E-state index contributed by atoms with van der Waals surface area (Å²) in [6, 6.07) is 9.74. The smallest absolute Gasteiger partial charge is 0.329 e. The zero-order valence-electron chi connectivity index (χ0n) is 25.1. The number of aliphatic carboxylic acids is 1. The summed E-state index contributed by atoms with van der Waals surface area (Å²) in [5.74, 6) is -0.194. The lowest BCUT2D eigenvalue weighted by atomic mass is 9.73. The molecule has 37 heavy (non-hydrogen) atoms. The third-order valence-corrected chi connectivity index (χ3v) is 6.30. The van der Waals surface area contributed by atoms with Gasteiger partial charge in [-0.2, -0.15) is 0 Å². The van der Waals surface area contributed by atoms with Crippen molar-refractivity contribution < 1.29 is 33.6 Å². The van der Waals surface area contributed by atoms with Gasteiger partial charge < -0.3 is 28.8 Å². The SMILES string of the molecule is CC(C)OC(COc1ccccc1)CC(C)(C)C(C)(C)OC(COCC(=O)O)CC(C)(C)OC(C)(C)C. The minimum atomic E-state index is -1.00. The van der Waals surface area contributed by atoms with Gasteiger partial charge in [-0.25, -0.2) is 4.79 Å². The van der Waals surface area contributed by atoms with Crippen molar-refractivity contribution in [1.82, 2.24) is 0 Å². The van der Waals surface area contributed by atoms with Gasteiger partial charge in [-0.3, -0.25) is 0 Å². The highest BCUT2D eigenvalue weighted by Gasteiger charge is 2.43. The number of ether oxygens (including phenoxy) is 5. The average molecular weight is 525 g/mol. The molecule has 0 spiro atoms. The van der Waals surface area contributed by atoms with Crippen LogP contribution in [0.1, 0.15) is 89.0 Å². The van der Waals surface area contributed by atoms with E-state index >= 15 is 0 Å². The third-order valence-electron chi connectivity index (χ3n) is 6.30. The molecule has 1 rings (SSSR count). The highest BCUT2D eigenvalue weighted by atomic mass is 16.6. The van der Waals surface area contributed by atoms with Crippen molar-refractivity contribution in [1.29, 1.82) is 0 Å². The Morgan fingerprint density at radius 3 is 1.97 bits per heavy atom. The van der Waals surface area contributed by atoms with Gasteiger partial charge in [0, 0.05) is 6.42 Å². The van der Waals surface area contributed by atoms with E-state index in [1.54, 1.807) is 0 Å². The molecule has 7 nitrogen and oxygen atoms in total. The number of para-hydroxylation sites is 1. The first-order valence-corrected chi connectivity index (χ1v) is 13.3. The van der Waals surface area contributed by atoms with Crippen LogP contribution in [0.15, 0.2) is 30.3 Å². The van der Waals surface area contributed by atoms with E-state index in [1.165, 1.54) is 0 Å². The Kier molecular flexibility index (Phi) is 12.6. The summed E-state index contributed by atoms with van der Waals surface area (Å²) in [7, 11) is 0. The van der Waals surface area contributed by atoms with Gasteiger partial charge in [0.15, 0.2) is 0 Å². The molecule has 0 aromatic heterocycles. The number of hydrogen-bond acceptors (Lipinski definition) is 6. The zero-order chi connectivity index (χ0) is 28.5. The first-order chi connectivity index (χ1) is 16.8. The van der Waals surface area contributed by atoms with Crippen molar-refractivity contribution in [3.05, 3.63) is 30.3 Å². The summed E-state index contributed by atoms with van der Waals surface area (Å²) in [6.45, 7) is 22.8. The highest BCUT2D eigenvalue weighted by Crippen LogP contribution is 2.41. The molecule has 0 aliphatic carbocycles. The van der Waals surface area contributed by atoms with Gasteiger partial charge in [0.05, 0.1) is 41.7 Å². The molecule has 0 bridgehead atoms. The van der Waals surface area contributed by atoms with Gasteiger partial charge in [-0.15, -0.1) is 0 Å². The normalized spacial score (nSPS) is 15.0. The van der Waals surface area contributed by atoms with Gasteiger partial charge in [0.2, 0.25) is 0 Å². The van der Waals surface area contributed by atoms with Crippen LogP contribution in [0, 0.1) is 5.41 Å². The molecule has 0 saturated heterocycles. The molecule has 0 fully saturated rings. The first-order valence-electron chi connectivity index (χ1n) is 13.3. The molecule has 214 valence electrons. The molecule has 0 radical (unpaired) electrons. The molecule has 2 unspecified atom stereocenters. The van der Waals surface area contributed by atoms with E-state index in [-0.39, 0.29) is 42.5 Å². The van der Waals surface area contributed by atoms with Crippen LogP contribution in [0.2, 0.25) is 0 Å². The standard InChI is InChI=1S/C30H52O7/c1-22(2)35-24(20-34-23-15-13-12-14-16-23)17-28(6,7)30(10,11)36-25(19-33-21-26(31)32)18-29(8,9)37-27(3,4)5/h12-16,22,24-25H,17-21H2,1-11H3,(H,31,32). The second-order valence-corrected chi connectivity index (χ2v) is 12.9. The van der Waals surface area contributed by atoms with E-state index < -0.39 is 17.2 Å². The van der Waals surface area contributed by atoms with Crippen LogP contribution < -0.4 is 4.74 Å². The largest absolute Gasteiger partial charge is 0.491 e. The number of carboxylic acid groups (broad SMARTS) is 1. The second-order valence-electron chi connectivity index (χ2n) is 12.9. The minimum absolute atomic E-state index is 0.0525. The molecular formula is C30H52O7. The highest BCUT2D eigenvalue weighted by molar-refractivity contribution is 5.67. The Hall–Kier alpha value is -1.67. The molecule has 0 aliphatic heterocycles. The van der Waals surface area contributed by atoms with Crippen LogP contribution in [-0.4, -0.2) is 66.0 Å². The molecular weight excluding hydrogens is 472 g/mol. The molecule has 1 aromatic carbocycles. The third kappa shape index (κ3) is 13.6. The van der Waals surface area contributed by atoms with E-state index in [4.69, 9.17) is 28.8 Å². The molecule has 0 saturated carbocycles. The maximum absolute atomic E-state index is 11.1. The Bertz CT molecular complexity index is 794. The fourth-order valence-electron chi connectivity index (χ4n) is 4.46. The summed E-state index contributed by atoms with van der Waals surface area (Å²) in [5, 5.41) is 9.06. The van der Waals surface area contributed by atoms with E-state index in [9.17, 15) is 4.79 Å². The van der Waals surface area contributed by atoms with Gasteiger partial charge in [-0.1, -0.05) is 32.0 Å². The van der Waals surface area contributed by atoms with Crippen molar-refractivity contribution in [2.45, 2.75) is 124 Å². The predicted molar refractivity (Wildman–Crippen MR) is 147 cm³/mol. The Morgan fingerprint density at radius 1 is 0.865 bits per heavy atom. The zero-order valence-corrected chi connectivity index (χ0v) is 25.1. The van der Waals surface area contributed by atoms with Gasteiger partial charge >= 0.3 is 5.97 Å². The summed E-state index contributed by atoms with van der Waals surface area (Å²) in [6.07, 6.45) is 0.801. The van der Waals surface area contributed by atoms with Crippen LogP contribution in [0.4, 0.5) is 0 Å². The Morgan fingerprint density at radius 2 is 1.46 bits per heavy atom. The van der Waals surface area contributed by atoms with E-state index in [1.807, 2.05) is 78.8 Å². The molecule has 0 heterocycles. The van der Waals surface area contributed by atoms with Crippen molar-refractivity contribution >= 4 is 5.97 Å². The van der Waals surface area contributed by atoms with Crippen molar-refractivity contribution in [3.63, 3.8) is 0 Å². The van der Waals surface area contributed by atoms with Crippen molar-refractivity contribution in [2.24, 2.45) is 5.41 Å². The average Bonchev–Trinajstić information content (AvgIpc) is 2.69. The topological polar surface area (TPSA) is 83.5 Å². The second kappa shape index (κ2) is 13.9. The lowest BCUT2D eigenvalue weighted by Gasteiger charge is -2.46. The fourth-order valence-corrected chi connectivity index (χ4v) is 4.46. The van der Waals surface area contributed by atoms with Gasteiger partial charge in [0.25, 0.3) is 0 Å². The summed E-state index contributed by atoms with van der Waals surface area (Å²) < 4.78 is 30.8. The van der Waals surface area contributed by atoms with E-state index in [0.717, 1.165) is 5.75 Å². The summed E-state index contributed by atoms with van der Waals surface area (Å²) in [4.78, 5) is 11.1. The van der Waals surface area contributed by atoms with Gasteiger partial charge in [-0.05, 0) is 86.3 Å². The molecule has 0 amide bonds. The monoisotopic (exact) mass is 524 g/mol. The van der Waals surface area contributed by atoms with Crippen LogP contribution in [0.25, 0.3) is 0 Å². The quantitative estimate of drug-likeness (QED) is 0.248. The first kappa shape index (κ1) is 33.4. The van der Waals surface area contributed by atoms with E-state index in [2.05, 4.69) is 27.7 Å². The van der Waals surface area contributed by atoms with Crippen LogP contribution >= 0.6 is 0 Å². The molecule has 2 atom stereocenters. The number of benzene rings is 1. The van der Waals surface area contributed by atoms with Crippen LogP contribution in [0.5, 0.6) is 5.75 Å².